The molecule has 1 rings (SSSR count). The van der Waals surface area contributed by atoms with Crippen LogP contribution in [-0.2, 0) is 11.2 Å². The Morgan fingerprint density at radius 1 is 1.56 bits per heavy atom. The second kappa shape index (κ2) is 4.30. The summed E-state index contributed by atoms with van der Waals surface area (Å²) in [5, 5.41) is 9.00. The number of nitrogens with zero attached hydrogens (tertiary/aromatic N) is 1. The van der Waals surface area contributed by atoms with Crippen molar-refractivity contribution in [3.8, 4) is 0 Å². The first-order valence-corrected chi connectivity index (χ1v) is 4.76. The van der Waals surface area contributed by atoms with Gasteiger partial charge in [-0.1, -0.05) is 0 Å². The van der Waals surface area contributed by atoms with Crippen LogP contribution in [0.1, 0.15) is 29.8 Å². The van der Waals surface area contributed by atoms with Crippen molar-refractivity contribution < 1.29 is 16.1 Å². The predicted octanol–water partition coefficient (Wildman–Crippen LogP) is 0.834. The third kappa shape index (κ3) is 2.79. The van der Waals surface area contributed by atoms with Crippen LogP contribution >= 0.6 is 0 Å². The van der Waals surface area contributed by atoms with Gasteiger partial charge in [0.1, 0.15) is 0 Å². The second-order valence-corrected chi connectivity index (χ2v) is 4.28. The fourth-order valence-electron chi connectivity index (χ4n) is 1.29. The van der Waals surface area contributed by atoms with Crippen molar-refractivity contribution in [2.75, 3.05) is 0 Å². The molecule has 86 valence electrons. The molecule has 0 spiro atoms. The number of aliphatic carboxylic acids is 1. The molecular weight excluding hydrogens is 208 g/mol. The van der Waals surface area contributed by atoms with Crippen LogP contribution in [0.4, 0.5) is 0 Å². The molecule has 5 heteroatoms. The van der Waals surface area contributed by atoms with Gasteiger partial charge < -0.3 is 10.8 Å². The Labute approximate surface area is 94.8 Å². The summed E-state index contributed by atoms with van der Waals surface area (Å²) in [7, 11) is 0. The number of carboxylic acids is 1. The smallest absolute Gasteiger partial charge is 0.309 e. The lowest BCUT2D eigenvalue weighted by molar-refractivity contribution is -0.146. The fraction of sp³-hybridized carbons (Fsp3) is 0.364. The summed E-state index contributed by atoms with van der Waals surface area (Å²) in [6.45, 7) is 3.21. The summed E-state index contributed by atoms with van der Waals surface area (Å²) in [6, 6.07) is 1.54. The molecule has 0 saturated heterocycles. The maximum atomic E-state index is 11.2. The van der Waals surface area contributed by atoms with Crippen molar-refractivity contribution in [2.45, 2.75) is 20.3 Å². The normalized spacial score (nSPS) is 11.8. The van der Waals surface area contributed by atoms with Crippen LogP contribution in [0.15, 0.2) is 18.5 Å². The van der Waals surface area contributed by atoms with Gasteiger partial charge in [0.05, 0.1) is 11.0 Å². The van der Waals surface area contributed by atoms with Crippen molar-refractivity contribution in [3.63, 3.8) is 0 Å². The van der Waals surface area contributed by atoms with Crippen molar-refractivity contribution in [2.24, 2.45) is 11.1 Å². The molecule has 1 heterocycles. The van der Waals surface area contributed by atoms with E-state index in [0.717, 1.165) is 0 Å². The molecule has 0 atom stereocenters. The largest absolute Gasteiger partial charge is 0.481 e. The van der Waals surface area contributed by atoms with Gasteiger partial charge in [0.15, 0.2) is 1.41 Å². The standard InChI is InChI=1S/C11H14N2O3/c1-11(2,10(15)16)4-7-3-8(9(12)14)6-13-5-7/h3,5-6H,4H2,1-2H3,(H2,12,14)(H,15,16)/i/hD. The van der Waals surface area contributed by atoms with Gasteiger partial charge in [0.25, 0.3) is 0 Å². The molecule has 0 fully saturated rings. The minimum atomic E-state index is -0.919. The summed E-state index contributed by atoms with van der Waals surface area (Å²) in [5.74, 6) is -1.47. The number of hydrogen-bond donors (Lipinski definition) is 2. The lowest BCUT2D eigenvalue weighted by atomic mass is 9.86. The highest BCUT2D eigenvalue weighted by molar-refractivity contribution is 5.92. The van der Waals surface area contributed by atoms with Gasteiger partial charge in [-0.25, -0.2) is 0 Å². The summed E-state index contributed by atoms with van der Waals surface area (Å²) >= 11 is 0. The molecule has 0 aliphatic rings. The first kappa shape index (κ1) is 10.6. The lowest BCUT2D eigenvalue weighted by Gasteiger charge is -2.18. The summed E-state index contributed by atoms with van der Waals surface area (Å²) in [6.07, 6.45) is 3.13. The molecule has 0 bridgehead atoms. The van der Waals surface area contributed by atoms with Crippen LogP contribution in [0.2, 0.25) is 1.41 Å². The fourth-order valence-corrected chi connectivity index (χ4v) is 1.29. The topological polar surface area (TPSA) is 93.3 Å². The maximum Gasteiger partial charge on any atom is 0.309 e. The zero-order chi connectivity index (χ0) is 13.1. The number of pyridine rings is 1. The minimum absolute atomic E-state index is 0.249. The van der Waals surface area contributed by atoms with E-state index in [2.05, 4.69) is 4.98 Å². The predicted molar refractivity (Wildman–Crippen MR) is 57.9 cm³/mol. The van der Waals surface area contributed by atoms with Gasteiger partial charge in [-0.05, 0) is 31.9 Å². The Hall–Kier alpha value is -1.91. The number of carbonyl (C=O) groups excluding carboxylic acids is 1. The van der Waals surface area contributed by atoms with Crippen LogP contribution in [0.5, 0.6) is 0 Å². The molecule has 0 saturated carbocycles. The lowest BCUT2D eigenvalue weighted by Crippen LogP contribution is -2.26. The molecule has 0 aliphatic heterocycles. The van der Waals surface area contributed by atoms with Crippen LogP contribution in [0.3, 0.4) is 0 Å². The van der Waals surface area contributed by atoms with Crippen molar-refractivity contribution in [1.82, 2.24) is 4.98 Å². The Kier molecular flexibility index (Phi) is 2.85. The number of amides is 1. The van der Waals surface area contributed by atoms with Gasteiger partial charge in [0, 0.05) is 12.4 Å². The van der Waals surface area contributed by atoms with E-state index in [9.17, 15) is 9.59 Å². The van der Waals surface area contributed by atoms with Crippen LogP contribution < -0.4 is 5.73 Å². The van der Waals surface area contributed by atoms with E-state index in [1.807, 2.05) is 0 Å². The maximum absolute atomic E-state index is 11.2. The van der Waals surface area contributed by atoms with E-state index in [0.29, 0.717) is 5.56 Å². The van der Waals surface area contributed by atoms with Crippen molar-refractivity contribution >= 4 is 11.9 Å². The number of carboxylic acid groups (broad SMARTS) is 1. The van der Waals surface area contributed by atoms with E-state index < -0.39 is 17.3 Å². The van der Waals surface area contributed by atoms with E-state index >= 15 is 0 Å². The van der Waals surface area contributed by atoms with E-state index in [1.165, 1.54) is 12.4 Å². The third-order valence-corrected chi connectivity index (χ3v) is 2.28. The van der Waals surface area contributed by atoms with Crippen molar-refractivity contribution in [3.05, 3.63) is 29.6 Å². The second-order valence-electron chi connectivity index (χ2n) is 4.28. The minimum Gasteiger partial charge on any atom is -0.481 e. The number of carbonyl (C=O) groups is 2. The average Bonchev–Trinajstić information content (AvgIpc) is 2.27. The van der Waals surface area contributed by atoms with Crippen LogP contribution in [0.25, 0.3) is 0 Å². The highest BCUT2D eigenvalue weighted by atomic mass is 16.4. The molecular formula is C11H14N2O3. The zero-order valence-corrected chi connectivity index (χ0v) is 9.15. The first-order valence-electron chi connectivity index (χ1n) is 5.26. The van der Waals surface area contributed by atoms with Crippen LogP contribution in [0, 0.1) is 5.41 Å². The average molecular weight is 223 g/mol. The van der Waals surface area contributed by atoms with Gasteiger partial charge in [0.2, 0.25) is 5.91 Å². The number of rotatable bonds is 4. The third-order valence-electron chi connectivity index (χ3n) is 2.28. The first-order chi connectivity index (χ1) is 7.86. The molecule has 1 aromatic rings. The number of primary amides is 1. The van der Waals surface area contributed by atoms with E-state index in [1.54, 1.807) is 25.6 Å². The molecule has 16 heavy (non-hydrogen) atoms. The monoisotopic (exact) mass is 223 g/mol. The van der Waals surface area contributed by atoms with E-state index in [-0.39, 0.29) is 12.0 Å². The van der Waals surface area contributed by atoms with Gasteiger partial charge in [-0.15, -0.1) is 0 Å². The summed E-state index contributed by atoms with van der Waals surface area (Å²) in [5.41, 5.74) is 1.73. The molecule has 3 N–H and O–H groups in total. The summed E-state index contributed by atoms with van der Waals surface area (Å²) in [4.78, 5) is 26.0. The Morgan fingerprint density at radius 3 is 2.81 bits per heavy atom. The molecule has 0 radical (unpaired) electrons. The Morgan fingerprint density at radius 2 is 2.25 bits per heavy atom. The summed E-state index contributed by atoms with van der Waals surface area (Å²) < 4.78 is 6.74. The molecule has 0 aliphatic carbocycles. The molecule has 0 aromatic carbocycles. The Balaban J connectivity index is 2.93. The number of nitrogens with two attached hydrogens (primary N) is 1. The molecule has 5 nitrogen and oxygen atoms in total. The Bertz CT molecular complexity index is 446. The van der Waals surface area contributed by atoms with Gasteiger partial charge in [-0.2, -0.15) is 0 Å². The molecule has 1 aromatic heterocycles. The van der Waals surface area contributed by atoms with Gasteiger partial charge >= 0.3 is 5.97 Å². The van der Waals surface area contributed by atoms with Crippen LogP contribution in [-0.4, -0.2) is 22.0 Å². The van der Waals surface area contributed by atoms with Gasteiger partial charge in [-0.3, -0.25) is 14.6 Å². The zero-order valence-electron chi connectivity index (χ0n) is 10.2. The number of aromatic nitrogens is 1. The SMILES string of the molecule is [2H]NC(=O)c1cncc(CC(C)(C)C(=O)O)c1. The number of hydrogen-bond acceptors (Lipinski definition) is 3. The molecule has 0 unspecified atom stereocenters. The molecule has 1 amide bonds. The van der Waals surface area contributed by atoms with Crippen molar-refractivity contribution in [1.29, 1.82) is 0 Å². The highest BCUT2D eigenvalue weighted by Gasteiger charge is 2.27. The highest BCUT2D eigenvalue weighted by Crippen LogP contribution is 2.21. The van der Waals surface area contributed by atoms with E-state index in [4.69, 9.17) is 6.52 Å². The quantitative estimate of drug-likeness (QED) is 0.790.